The topological polar surface area (TPSA) is 35.5 Å². The van der Waals surface area contributed by atoms with E-state index in [2.05, 4.69) is 44.0 Å². The maximum absolute atomic E-state index is 12.2. The molecule has 1 aliphatic rings. The number of benzene rings is 2. The molecule has 0 spiro atoms. The van der Waals surface area contributed by atoms with E-state index in [1.54, 1.807) is 12.1 Å². The third-order valence-corrected chi connectivity index (χ3v) is 5.36. The number of hydrogen-bond acceptors (Lipinski definition) is 3. The van der Waals surface area contributed by atoms with Gasteiger partial charge in [-0.2, -0.15) is 0 Å². The molecule has 1 heterocycles. The molecular weight excluding hydrogens is 336 g/mol. The van der Waals surface area contributed by atoms with E-state index in [0.29, 0.717) is 30.4 Å². The summed E-state index contributed by atoms with van der Waals surface area (Å²) in [4.78, 5) is 12.2. The van der Waals surface area contributed by atoms with Crippen molar-refractivity contribution in [3.63, 3.8) is 0 Å². The van der Waals surface area contributed by atoms with Crippen LogP contribution in [-0.2, 0) is 15.9 Å². The van der Waals surface area contributed by atoms with Gasteiger partial charge in [-0.1, -0.05) is 60.9 Å². The van der Waals surface area contributed by atoms with Crippen molar-refractivity contribution in [2.75, 3.05) is 13.2 Å². The van der Waals surface area contributed by atoms with Crippen molar-refractivity contribution in [1.82, 2.24) is 0 Å². The van der Waals surface area contributed by atoms with Gasteiger partial charge in [0, 0.05) is 0 Å². The minimum atomic E-state index is -0.840. The van der Waals surface area contributed by atoms with E-state index in [1.807, 2.05) is 18.2 Å². The Bertz CT molecular complexity index is 804. The van der Waals surface area contributed by atoms with Crippen LogP contribution in [0.2, 0.25) is 0 Å². The molecular formula is C24H26O3. The lowest BCUT2D eigenvalue weighted by Crippen LogP contribution is -2.46. The van der Waals surface area contributed by atoms with Crippen LogP contribution in [0.4, 0.5) is 0 Å². The smallest absolute Gasteiger partial charge is 0.338 e. The first-order valence-electron chi connectivity index (χ1n) is 9.41. The fraction of sp³-hybridized carbons (Fsp3) is 0.375. The molecule has 3 nitrogen and oxygen atoms in total. The zero-order valence-electron chi connectivity index (χ0n) is 16.0. The molecule has 0 amide bonds. The third-order valence-electron chi connectivity index (χ3n) is 5.36. The fourth-order valence-corrected chi connectivity index (χ4v) is 3.55. The fourth-order valence-electron chi connectivity index (χ4n) is 3.55. The van der Waals surface area contributed by atoms with E-state index in [-0.39, 0.29) is 12.6 Å². The highest BCUT2D eigenvalue weighted by molar-refractivity contribution is 5.89. The van der Waals surface area contributed by atoms with E-state index in [4.69, 9.17) is 15.9 Å². The Morgan fingerprint density at radius 1 is 1.22 bits per heavy atom. The van der Waals surface area contributed by atoms with Gasteiger partial charge in [0.05, 0.1) is 12.2 Å². The summed E-state index contributed by atoms with van der Waals surface area (Å²) in [6.07, 6.45) is 7.42. The summed E-state index contributed by atoms with van der Waals surface area (Å²) in [7, 11) is 0. The number of ether oxygens (including phenoxy) is 2. The van der Waals surface area contributed by atoms with Crippen LogP contribution in [0.3, 0.4) is 0 Å². The lowest BCUT2D eigenvalue weighted by atomic mass is 9.78. The zero-order valence-corrected chi connectivity index (χ0v) is 16.0. The number of rotatable bonds is 5. The van der Waals surface area contributed by atoms with Gasteiger partial charge in [-0.25, -0.2) is 4.79 Å². The van der Waals surface area contributed by atoms with Crippen molar-refractivity contribution in [2.24, 2.45) is 11.8 Å². The molecule has 1 saturated heterocycles. The molecule has 1 aliphatic heterocycles. The van der Waals surface area contributed by atoms with Gasteiger partial charge in [-0.15, -0.1) is 6.42 Å². The third kappa shape index (κ3) is 4.78. The van der Waals surface area contributed by atoms with Crippen LogP contribution in [0.25, 0.3) is 0 Å². The first kappa shape index (κ1) is 19.2. The van der Waals surface area contributed by atoms with Gasteiger partial charge in [-0.05, 0) is 49.3 Å². The highest BCUT2D eigenvalue weighted by Gasteiger charge is 2.40. The molecule has 0 saturated carbocycles. The van der Waals surface area contributed by atoms with Gasteiger partial charge in [-0.3, -0.25) is 0 Å². The van der Waals surface area contributed by atoms with E-state index >= 15 is 0 Å². The molecule has 0 aromatic heterocycles. The Kier molecular flexibility index (Phi) is 5.98. The predicted molar refractivity (Wildman–Crippen MR) is 106 cm³/mol. The molecule has 0 aliphatic carbocycles. The number of carbonyl (C=O) groups is 1. The molecule has 140 valence electrons. The average Bonchev–Trinajstić information content (AvgIpc) is 2.70. The second-order valence-corrected chi connectivity index (χ2v) is 7.52. The van der Waals surface area contributed by atoms with Crippen molar-refractivity contribution in [2.45, 2.75) is 32.3 Å². The quantitative estimate of drug-likeness (QED) is 0.583. The number of carbonyl (C=O) groups excluding carboxylic acids is 1. The van der Waals surface area contributed by atoms with Crippen LogP contribution in [-0.4, -0.2) is 24.8 Å². The SMILES string of the molecule is C#CC1(COC(=O)c2ccccc2)CC(C)C(Cc2ccc(C)cc2)CO1. The number of aryl methyl sites for hydroxylation is 1. The Hall–Kier alpha value is -2.57. The zero-order chi connectivity index (χ0) is 19.3. The van der Waals surface area contributed by atoms with Crippen LogP contribution < -0.4 is 0 Å². The summed E-state index contributed by atoms with van der Waals surface area (Å²) >= 11 is 0. The molecule has 0 bridgehead atoms. The van der Waals surface area contributed by atoms with Crippen molar-refractivity contribution in [3.05, 3.63) is 71.3 Å². The second kappa shape index (κ2) is 8.41. The molecule has 3 rings (SSSR count). The standard InChI is InChI=1S/C24H26O3/c1-4-24(17-26-23(25)21-8-6-5-7-9-21)15-19(3)22(16-27-24)14-20-12-10-18(2)11-13-20/h1,5-13,19,22H,14-17H2,2-3H3. The summed E-state index contributed by atoms with van der Waals surface area (Å²) in [6.45, 7) is 4.95. The number of esters is 1. The van der Waals surface area contributed by atoms with Crippen molar-refractivity contribution in [1.29, 1.82) is 0 Å². The minimum absolute atomic E-state index is 0.0822. The maximum atomic E-state index is 12.2. The summed E-state index contributed by atoms with van der Waals surface area (Å²) in [5, 5.41) is 0. The normalized spacial score (nSPS) is 24.8. The molecule has 3 unspecified atom stereocenters. The molecule has 27 heavy (non-hydrogen) atoms. The molecule has 3 atom stereocenters. The van der Waals surface area contributed by atoms with Crippen molar-refractivity contribution >= 4 is 5.97 Å². The Morgan fingerprint density at radius 2 is 1.93 bits per heavy atom. The first-order chi connectivity index (χ1) is 13.0. The van der Waals surface area contributed by atoms with Crippen LogP contribution in [0.15, 0.2) is 54.6 Å². The van der Waals surface area contributed by atoms with Crippen molar-refractivity contribution in [3.8, 4) is 12.3 Å². The largest absolute Gasteiger partial charge is 0.458 e. The van der Waals surface area contributed by atoms with Gasteiger partial charge >= 0.3 is 5.97 Å². The van der Waals surface area contributed by atoms with Crippen molar-refractivity contribution < 1.29 is 14.3 Å². The van der Waals surface area contributed by atoms with Gasteiger partial charge in [0.15, 0.2) is 5.60 Å². The Balaban J connectivity index is 1.59. The lowest BCUT2D eigenvalue weighted by Gasteiger charge is -2.40. The number of terminal acetylenes is 1. The molecule has 1 fully saturated rings. The van der Waals surface area contributed by atoms with Crippen LogP contribution in [0.5, 0.6) is 0 Å². The average molecular weight is 362 g/mol. The van der Waals surface area contributed by atoms with E-state index < -0.39 is 5.60 Å². The molecule has 3 heteroatoms. The summed E-state index contributed by atoms with van der Waals surface area (Å²) in [5.41, 5.74) is 2.25. The van der Waals surface area contributed by atoms with Crippen LogP contribution >= 0.6 is 0 Å². The van der Waals surface area contributed by atoms with Crippen LogP contribution in [0, 0.1) is 31.1 Å². The van der Waals surface area contributed by atoms with Gasteiger partial charge in [0.25, 0.3) is 0 Å². The maximum Gasteiger partial charge on any atom is 0.338 e. The first-order valence-corrected chi connectivity index (χ1v) is 9.41. The molecule has 2 aromatic rings. The van der Waals surface area contributed by atoms with Crippen LogP contribution in [0.1, 0.15) is 34.8 Å². The Labute approximate surface area is 161 Å². The van der Waals surface area contributed by atoms with Gasteiger partial charge in [0.1, 0.15) is 6.61 Å². The molecule has 0 radical (unpaired) electrons. The second-order valence-electron chi connectivity index (χ2n) is 7.52. The Morgan fingerprint density at radius 3 is 2.56 bits per heavy atom. The van der Waals surface area contributed by atoms with E-state index in [9.17, 15) is 4.79 Å². The minimum Gasteiger partial charge on any atom is -0.458 e. The molecule has 0 N–H and O–H groups in total. The highest BCUT2D eigenvalue weighted by atomic mass is 16.6. The highest BCUT2D eigenvalue weighted by Crippen LogP contribution is 2.34. The van der Waals surface area contributed by atoms with E-state index in [1.165, 1.54) is 11.1 Å². The monoisotopic (exact) mass is 362 g/mol. The predicted octanol–water partition coefficient (Wildman–Crippen LogP) is 4.44. The van der Waals surface area contributed by atoms with E-state index in [0.717, 1.165) is 6.42 Å². The number of hydrogen-bond donors (Lipinski definition) is 0. The lowest BCUT2D eigenvalue weighted by molar-refractivity contribution is -0.111. The van der Waals surface area contributed by atoms with Gasteiger partial charge < -0.3 is 9.47 Å². The molecule has 2 aromatic carbocycles. The summed E-state index contributed by atoms with van der Waals surface area (Å²) in [6, 6.07) is 17.6. The van der Waals surface area contributed by atoms with Gasteiger partial charge in [0.2, 0.25) is 0 Å². The summed E-state index contributed by atoms with van der Waals surface area (Å²) < 4.78 is 11.5. The summed E-state index contributed by atoms with van der Waals surface area (Å²) in [5.74, 6) is 3.16.